The fourth-order valence-corrected chi connectivity index (χ4v) is 7.28. The summed E-state index contributed by atoms with van der Waals surface area (Å²) in [6, 6.07) is 6.60. The van der Waals surface area contributed by atoms with E-state index in [4.69, 9.17) is 4.98 Å². The van der Waals surface area contributed by atoms with Gasteiger partial charge in [-0.1, -0.05) is 90.0 Å². The van der Waals surface area contributed by atoms with Crippen molar-refractivity contribution in [3.63, 3.8) is 0 Å². The minimum Gasteiger partial charge on any atom is -0.375 e. The van der Waals surface area contributed by atoms with Gasteiger partial charge in [0, 0.05) is 40.3 Å². The summed E-state index contributed by atoms with van der Waals surface area (Å²) in [6.45, 7) is 2.30. The molecule has 0 aliphatic carbocycles. The van der Waals surface area contributed by atoms with Crippen LogP contribution in [0.1, 0.15) is 96.8 Å². The van der Waals surface area contributed by atoms with Gasteiger partial charge >= 0.3 is 0 Å². The number of hydrogen-bond donors (Lipinski definition) is 0. The zero-order valence-corrected chi connectivity index (χ0v) is 29.7. The Morgan fingerprint density at radius 3 is 1.88 bits per heavy atom. The standard InChI is InChI=1S/C37H60N5S/c1-10-11-12-13-14-15-16-17-18-19-20-21-22-23-24-25-30-34(40(4)5)33-37(36(42(8)9)35(30)41(6)7)43-32-28-29(39(2)3)26-27-31(32)38-33/h23,25-28H,10-22,24H2,1-9H3/q+1/b30-25-. The van der Waals surface area contributed by atoms with Gasteiger partial charge in [-0.3, -0.25) is 0 Å². The quantitative estimate of drug-likeness (QED) is 0.0729. The monoisotopic (exact) mass is 606 g/mol. The Balaban J connectivity index is 1.77. The van der Waals surface area contributed by atoms with Gasteiger partial charge < -0.3 is 16.2 Å². The van der Waals surface area contributed by atoms with Crippen LogP contribution in [-0.4, -0.2) is 61.4 Å². The molecule has 3 rings (SSSR count). The van der Waals surface area contributed by atoms with Gasteiger partial charge in [-0.05, 0) is 6.07 Å². The van der Waals surface area contributed by atoms with Crippen molar-refractivity contribution in [1.29, 1.82) is 0 Å². The van der Waals surface area contributed by atoms with Crippen LogP contribution in [0.2, 0.25) is 0 Å². The SMILES string of the molecule is CCCCCCCCCCCCCC[CH-]C/C=c1\c(N(C)C)c(N(C)C)c2sc3cc(=[N+](C)C)ccc3nc2c1=[N+](C)C. The Kier molecular flexibility index (Phi) is 14.4. The summed E-state index contributed by atoms with van der Waals surface area (Å²) in [4.78, 5) is 9.85. The summed E-state index contributed by atoms with van der Waals surface area (Å²) >= 11 is 1.85. The predicted octanol–water partition coefficient (Wildman–Crippen LogP) is 6.83. The fourth-order valence-electron chi connectivity index (χ4n) is 6.04. The molecule has 0 aliphatic rings. The maximum absolute atomic E-state index is 5.30. The Morgan fingerprint density at radius 2 is 1.35 bits per heavy atom. The van der Waals surface area contributed by atoms with Gasteiger partial charge in [0.1, 0.15) is 28.2 Å². The van der Waals surface area contributed by atoms with Crippen LogP contribution < -0.4 is 34.9 Å². The molecule has 1 aromatic heterocycles. The van der Waals surface area contributed by atoms with Gasteiger partial charge in [-0.25, -0.2) is 14.1 Å². The van der Waals surface area contributed by atoms with Crippen LogP contribution in [0.3, 0.4) is 0 Å². The molecule has 0 saturated heterocycles. The lowest BCUT2D eigenvalue weighted by Crippen LogP contribution is -2.41. The largest absolute Gasteiger partial charge is 0.375 e. The van der Waals surface area contributed by atoms with Crippen molar-refractivity contribution in [3.05, 3.63) is 40.6 Å². The van der Waals surface area contributed by atoms with Crippen LogP contribution in [0.15, 0.2) is 18.2 Å². The number of nitrogens with zero attached hydrogens (tertiary/aromatic N) is 5. The smallest absolute Gasteiger partial charge is 0.236 e. The minimum atomic E-state index is 0.974. The van der Waals surface area contributed by atoms with Gasteiger partial charge in [-0.2, -0.15) is 12.8 Å². The van der Waals surface area contributed by atoms with Crippen molar-refractivity contribution >= 4 is 49.2 Å². The lowest BCUT2D eigenvalue weighted by Gasteiger charge is -2.25. The van der Waals surface area contributed by atoms with Crippen molar-refractivity contribution in [3.8, 4) is 0 Å². The van der Waals surface area contributed by atoms with Crippen molar-refractivity contribution in [2.45, 2.75) is 96.8 Å². The first-order valence-electron chi connectivity index (χ1n) is 16.8. The number of aromatic nitrogens is 1. The van der Waals surface area contributed by atoms with Crippen molar-refractivity contribution in [1.82, 2.24) is 14.1 Å². The van der Waals surface area contributed by atoms with Gasteiger partial charge in [0.15, 0.2) is 5.52 Å². The lowest BCUT2D eigenvalue weighted by molar-refractivity contribution is 0.543. The van der Waals surface area contributed by atoms with Crippen LogP contribution in [0.4, 0.5) is 11.4 Å². The summed E-state index contributed by atoms with van der Waals surface area (Å²) in [5, 5.41) is 3.68. The Bertz CT molecular complexity index is 1510. The molecule has 6 heteroatoms. The number of unbranched alkanes of at least 4 members (excludes halogenated alkanes) is 14. The topological polar surface area (TPSA) is 25.4 Å². The second kappa shape index (κ2) is 17.7. The Hall–Kier alpha value is -2.47. The Labute approximate surface area is 266 Å². The fraction of sp³-hybridized carbons (Fsp3) is 0.622. The zero-order chi connectivity index (χ0) is 31.4. The first-order valence-corrected chi connectivity index (χ1v) is 17.6. The first kappa shape index (κ1) is 35.0. The van der Waals surface area contributed by atoms with Crippen LogP contribution in [-0.2, 0) is 0 Å². The Morgan fingerprint density at radius 1 is 0.767 bits per heavy atom. The lowest BCUT2D eigenvalue weighted by atomic mass is 10.0. The van der Waals surface area contributed by atoms with Crippen LogP contribution in [0, 0.1) is 6.42 Å². The van der Waals surface area contributed by atoms with Crippen molar-refractivity contribution in [2.75, 3.05) is 66.2 Å². The van der Waals surface area contributed by atoms with E-state index in [1.165, 1.54) is 120 Å². The number of benzene rings is 2. The first-order chi connectivity index (χ1) is 20.7. The normalized spacial score (nSPS) is 12.0. The molecule has 0 aliphatic heterocycles. The highest BCUT2D eigenvalue weighted by atomic mass is 32.1. The summed E-state index contributed by atoms with van der Waals surface area (Å²) in [7, 11) is 17.2. The van der Waals surface area contributed by atoms with E-state index in [1.54, 1.807) is 0 Å². The maximum Gasteiger partial charge on any atom is 0.236 e. The summed E-state index contributed by atoms with van der Waals surface area (Å²) in [6.07, 6.45) is 23.9. The second-order valence-electron chi connectivity index (χ2n) is 13.0. The van der Waals surface area contributed by atoms with Crippen LogP contribution >= 0.6 is 11.3 Å². The average molecular weight is 607 g/mol. The summed E-state index contributed by atoms with van der Waals surface area (Å²) in [5.74, 6) is 0. The van der Waals surface area contributed by atoms with Gasteiger partial charge in [0.2, 0.25) is 10.7 Å². The van der Waals surface area contributed by atoms with E-state index in [1.807, 2.05) is 11.3 Å². The number of fused-ring (bicyclic) bond motifs is 2. The van der Waals surface area contributed by atoms with E-state index in [0.29, 0.717) is 0 Å². The number of anilines is 2. The van der Waals surface area contributed by atoms with Gasteiger partial charge in [-0.15, -0.1) is 11.3 Å². The van der Waals surface area contributed by atoms with Crippen LogP contribution in [0.25, 0.3) is 26.5 Å². The molecule has 0 spiro atoms. The molecular weight excluding hydrogens is 547 g/mol. The molecule has 1 heterocycles. The highest BCUT2D eigenvalue weighted by Gasteiger charge is 2.22. The van der Waals surface area contributed by atoms with E-state index in [-0.39, 0.29) is 0 Å². The maximum atomic E-state index is 5.30. The molecular formula is C37H60N5S+. The molecule has 0 saturated carbocycles. The minimum absolute atomic E-state index is 0.974. The molecule has 238 valence electrons. The molecule has 0 unspecified atom stereocenters. The second-order valence-corrected chi connectivity index (χ2v) is 14.0. The third-order valence-corrected chi connectivity index (χ3v) is 9.52. The van der Waals surface area contributed by atoms with Gasteiger partial charge in [0.05, 0.1) is 31.5 Å². The van der Waals surface area contributed by atoms with Crippen molar-refractivity contribution < 1.29 is 0 Å². The highest BCUT2D eigenvalue weighted by Crippen LogP contribution is 2.35. The highest BCUT2D eigenvalue weighted by molar-refractivity contribution is 7.25. The van der Waals surface area contributed by atoms with Crippen molar-refractivity contribution in [2.24, 2.45) is 0 Å². The molecule has 0 amide bonds. The van der Waals surface area contributed by atoms with Gasteiger partial charge in [0.25, 0.3) is 0 Å². The third kappa shape index (κ3) is 9.76. The zero-order valence-electron chi connectivity index (χ0n) is 28.9. The molecule has 0 fully saturated rings. The summed E-state index contributed by atoms with van der Waals surface area (Å²) in [5.41, 5.74) is 4.65. The molecule has 2 aromatic carbocycles. The molecule has 0 bridgehead atoms. The van der Waals surface area contributed by atoms with E-state index in [2.05, 4.69) is 113 Å². The van der Waals surface area contributed by atoms with Crippen LogP contribution in [0.5, 0.6) is 0 Å². The molecule has 43 heavy (non-hydrogen) atoms. The molecule has 5 nitrogen and oxygen atoms in total. The van der Waals surface area contributed by atoms with E-state index >= 15 is 0 Å². The van der Waals surface area contributed by atoms with E-state index in [0.717, 1.165) is 17.5 Å². The number of hydrogen-bond acceptors (Lipinski definition) is 4. The predicted molar refractivity (Wildman–Crippen MR) is 194 cm³/mol. The molecule has 0 N–H and O–H groups in total. The number of rotatable bonds is 17. The summed E-state index contributed by atoms with van der Waals surface area (Å²) < 4.78 is 6.86. The van der Waals surface area contributed by atoms with E-state index < -0.39 is 0 Å². The molecule has 3 aromatic rings. The molecule has 0 atom stereocenters. The third-order valence-electron chi connectivity index (χ3n) is 8.39. The molecule has 0 radical (unpaired) electrons. The average Bonchev–Trinajstić information content (AvgIpc) is 2.96. The van der Waals surface area contributed by atoms with E-state index in [9.17, 15) is 0 Å².